The number of halogens is 1. The lowest BCUT2D eigenvalue weighted by atomic mass is 10.1. The van der Waals surface area contributed by atoms with Crippen molar-refractivity contribution in [3.05, 3.63) is 70.2 Å². The van der Waals surface area contributed by atoms with Gasteiger partial charge in [-0.2, -0.15) is 0 Å². The van der Waals surface area contributed by atoms with Crippen LogP contribution in [0.3, 0.4) is 0 Å². The average molecular weight is 423 g/mol. The van der Waals surface area contributed by atoms with Crippen molar-refractivity contribution in [3.8, 4) is 0 Å². The molecule has 2 aromatic carbocycles. The maximum absolute atomic E-state index is 12.6. The van der Waals surface area contributed by atoms with Crippen LogP contribution in [-0.2, 0) is 21.2 Å². The number of hydrogen-bond acceptors (Lipinski definition) is 4. The van der Waals surface area contributed by atoms with Crippen LogP contribution >= 0.6 is 11.6 Å². The van der Waals surface area contributed by atoms with Crippen LogP contribution in [-0.4, -0.2) is 38.3 Å². The van der Waals surface area contributed by atoms with E-state index in [9.17, 15) is 18.0 Å². The number of rotatable bonds is 8. The minimum absolute atomic E-state index is 0.0161. The first-order chi connectivity index (χ1) is 13.2. The average Bonchev–Trinajstić information content (AvgIpc) is 2.64. The van der Waals surface area contributed by atoms with Crippen molar-refractivity contribution in [3.63, 3.8) is 0 Å². The molecule has 2 rings (SSSR count). The molecule has 0 fully saturated rings. The molecular formula is C20H23ClN2O4S. The Morgan fingerprint density at radius 3 is 2.32 bits per heavy atom. The Balaban J connectivity index is 2.08. The Morgan fingerprint density at radius 2 is 1.71 bits per heavy atom. The Morgan fingerprint density at radius 1 is 1.07 bits per heavy atom. The summed E-state index contributed by atoms with van der Waals surface area (Å²) in [7, 11) is -3.28. The van der Waals surface area contributed by atoms with Gasteiger partial charge in [0.1, 0.15) is 15.9 Å². The molecule has 0 radical (unpaired) electrons. The van der Waals surface area contributed by atoms with E-state index in [2.05, 4.69) is 10.6 Å². The molecule has 0 saturated heterocycles. The summed E-state index contributed by atoms with van der Waals surface area (Å²) in [6.45, 7) is 2.22. The van der Waals surface area contributed by atoms with Crippen LogP contribution in [0.15, 0.2) is 48.5 Å². The Bertz CT molecular complexity index is 943. The van der Waals surface area contributed by atoms with E-state index in [1.165, 1.54) is 12.1 Å². The van der Waals surface area contributed by atoms with Crippen molar-refractivity contribution >= 4 is 33.3 Å². The zero-order valence-corrected chi connectivity index (χ0v) is 17.3. The van der Waals surface area contributed by atoms with Crippen LogP contribution in [0.5, 0.6) is 0 Å². The maximum Gasteiger partial charge on any atom is 0.251 e. The zero-order valence-electron chi connectivity index (χ0n) is 15.7. The lowest BCUT2D eigenvalue weighted by Crippen LogP contribution is -2.47. The number of carbonyl (C=O) groups is 2. The molecule has 1 atom stereocenters. The fraction of sp³-hybridized carbons (Fsp3) is 0.300. The highest BCUT2D eigenvalue weighted by atomic mass is 35.5. The van der Waals surface area contributed by atoms with Gasteiger partial charge in [0.05, 0.1) is 5.75 Å². The maximum atomic E-state index is 12.6. The lowest BCUT2D eigenvalue weighted by molar-refractivity contribution is -0.123. The molecule has 6 nitrogen and oxygen atoms in total. The van der Waals surface area contributed by atoms with Crippen molar-refractivity contribution in [2.75, 3.05) is 12.0 Å². The van der Waals surface area contributed by atoms with E-state index in [4.69, 9.17) is 11.6 Å². The van der Waals surface area contributed by atoms with Gasteiger partial charge in [0.2, 0.25) is 5.91 Å². The molecule has 2 aromatic rings. The first kappa shape index (κ1) is 21.9. The molecule has 2 N–H and O–H groups in total. The lowest BCUT2D eigenvalue weighted by Gasteiger charge is -2.19. The monoisotopic (exact) mass is 422 g/mol. The highest BCUT2D eigenvalue weighted by Gasteiger charge is 2.23. The summed E-state index contributed by atoms with van der Waals surface area (Å²) in [4.78, 5) is 25.1. The first-order valence-electron chi connectivity index (χ1n) is 8.72. The van der Waals surface area contributed by atoms with Gasteiger partial charge >= 0.3 is 0 Å². The van der Waals surface area contributed by atoms with Crippen molar-refractivity contribution in [1.82, 2.24) is 10.6 Å². The van der Waals surface area contributed by atoms with Crippen molar-refractivity contribution in [1.29, 1.82) is 0 Å². The molecule has 8 heteroatoms. The van der Waals surface area contributed by atoms with E-state index in [1.54, 1.807) is 12.1 Å². The van der Waals surface area contributed by atoms with E-state index in [-0.39, 0.29) is 18.7 Å². The van der Waals surface area contributed by atoms with Crippen LogP contribution in [0.1, 0.15) is 27.9 Å². The molecule has 0 aromatic heterocycles. The third kappa shape index (κ3) is 6.98. The van der Waals surface area contributed by atoms with Crippen LogP contribution < -0.4 is 10.6 Å². The molecule has 150 valence electrons. The van der Waals surface area contributed by atoms with Crippen molar-refractivity contribution in [2.45, 2.75) is 25.9 Å². The first-order valence-corrected chi connectivity index (χ1v) is 11.2. The fourth-order valence-corrected chi connectivity index (χ4v) is 3.35. The van der Waals surface area contributed by atoms with Gasteiger partial charge < -0.3 is 10.6 Å². The van der Waals surface area contributed by atoms with Crippen molar-refractivity contribution in [2.24, 2.45) is 0 Å². The third-order valence-corrected chi connectivity index (χ3v) is 5.45. The topological polar surface area (TPSA) is 92.3 Å². The largest absolute Gasteiger partial charge is 0.350 e. The number of sulfone groups is 1. The van der Waals surface area contributed by atoms with Gasteiger partial charge in [-0.3, -0.25) is 9.59 Å². The van der Waals surface area contributed by atoms with Crippen LogP contribution in [0, 0.1) is 6.92 Å². The molecule has 2 amide bonds. The van der Waals surface area contributed by atoms with E-state index >= 15 is 0 Å². The predicted octanol–water partition coefficient (Wildman–Crippen LogP) is 2.50. The second-order valence-electron chi connectivity index (χ2n) is 6.60. The number of amides is 2. The summed E-state index contributed by atoms with van der Waals surface area (Å²) in [5.74, 6) is -1.12. The number of carbonyl (C=O) groups excluding carboxylic acids is 2. The minimum atomic E-state index is -3.28. The standard InChI is InChI=1S/C20H23ClN2O4S/c1-14-5-3-4-6-16(14)13-22-20(25)18(11-12-28(2,26)27)23-19(24)15-7-9-17(21)10-8-15/h3-10,18H,11-13H2,1-2H3,(H,22,25)(H,23,24)/t18-/m1/s1. The fourth-order valence-electron chi connectivity index (χ4n) is 2.56. The van der Waals surface area contributed by atoms with E-state index in [1.807, 2.05) is 31.2 Å². The van der Waals surface area contributed by atoms with Gasteiger partial charge in [-0.15, -0.1) is 0 Å². The highest BCUT2D eigenvalue weighted by molar-refractivity contribution is 7.90. The number of aryl methyl sites for hydroxylation is 1. The third-order valence-electron chi connectivity index (χ3n) is 4.22. The Kier molecular flexibility index (Phi) is 7.60. The summed E-state index contributed by atoms with van der Waals surface area (Å²) in [5.41, 5.74) is 2.31. The van der Waals surface area contributed by atoms with Gasteiger partial charge in [0.15, 0.2) is 0 Å². The smallest absolute Gasteiger partial charge is 0.251 e. The molecule has 0 heterocycles. The van der Waals surface area contributed by atoms with E-state index in [0.717, 1.165) is 17.4 Å². The van der Waals surface area contributed by atoms with Gasteiger partial charge in [0.25, 0.3) is 5.91 Å². The molecule has 0 spiro atoms. The molecular weight excluding hydrogens is 400 g/mol. The molecule has 0 unspecified atom stereocenters. The summed E-state index contributed by atoms with van der Waals surface area (Å²) in [5, 5.41) is 5.88. The van der Waals surface area contributed by atoms with Gasteiger partial charge in [-0.25, -0.2) is 8.42 Å². The molecule has 0 aliphatic carbocycles. The zero-order chi connectivity index (χ0) is 20.7. The van der Waals surface area contributed by atoms with E-state index in [0.29, 0.717) is 10.6 Å². The van der Waals surface area contributed by atoms with Gasteiger partial charge in [0, 0.05) is 23.4 Å². The minimum Gasteiger partial charge on any atom is -0.350 e. The number of hydrogen-bond donors (Lipinski definition) is 2. The quantitative estimate of drug-likeness (QED) is 0.683. The summed E-state index contributed by atoms with van der Waals surface area (Å²) < 4.78 is 23.0. The summed E-state index contributed by atoms with van der Waals surface area (Å²) in [6, 6.07) is 12.9. The van der Waals surface area contributed by atoms with Crippen LogP contribution in [0.2, 0.25) is 5.02 Å². The molecule has 0 aliphatic heterocycles. The second-order valence-corrected chi connectivity index (χ2v) is 9.29. The van der Waals surface area contributed by atoms with E-state index < -0.39 is 27.7 Å². The number of nitrogens with one attached hydrogen (secondary N) is 2. The SMILES string of the molecule is Cc1ccccc1CNC(=O)[C@@H](CCS(C)(=O)=O)NC(=O)c1ccc(Cl)cc1. The van der Waals surface area contributed by atoms with Crippen LogP contribution in [0.4, 0.5) is 0 Å². The van der Waals surface area contributed by atoms with Crippen molar-refractivity contribution < 1.29 is 18.0 Å². The number of benzene rings is 2. The summed E-state index contributed by atoms with van der Waals surface area (Å²) in [6.07, 6.45) is 1.08. The molecule has 0 bridgehead atoms. The molecule has 28 heavy (non-hydrogen) atoms. The molecule has 0 saturated carbocycles. The Hall–Kier alpha value is -2.38. The van der Waals surface area contributed by atoms with Crippen LogP contribution in [0.25, 0.3) is 0 Å². The Labute approximate surface area is 170 Å². The van der Waals surface area contributed by atoms with Gasteiger partial charge in [-0.1, -0.05) is 35.9 Å². The second kappa shape index (κ2) is 9.71. The molecule has 0 aliphatic rings. The highest BCUT2D eigenvalue weighted by Crippen LogP contribution is 2.10. The normalized spacial score (nSPS) is 12.2. The summed E-state index contributed by atoms with van der Waals surface area (Å²) >= 11 is 5.82. The predicted molar refractivity (Wildman–Crippen MR) is 110 cm³/mol. The van der Waals surface area contributed by atoms with Gasteiger partial charge in [-0.05, 0) is 48.7 Å².